The van der Waals surface area contributed by atoms with Gasteiger partial charge in [0.2, 0.25) is 0 Å². The van der Waals surface area contributed by atoms with E-state index in [4.69, 9.17) is 10.5 Å². The molecule has 2 rings (SSSR count). The van der Waals surface area contributed by atoms with Crippen molar-refractivity contribution in [2.24, 2.45) is 12.8 Å². The predicted octanol–water partition coefficient (Wildman–Crippen LogP) is 2.56. The third kappa shape index (κ3) is 4.29. The van der Waals surface area contributed by atoms with E-state index >= 15 is 0 Å². The zero-order chi connectivity index (χ0) is 19.1. The van der Waals surface area contributed by atoms with Crippen LogP contribution in [0.4, 0.5) is 5.69 Å². The monoisotopic (exact) mass is 358 g/mol. The molecule has 0 spiro atoms. The number of para-hydroxylation sites is 1. The molecule has 26 heavy (non-hydrogen) atoms. The van der Waals surface area contributed by atoms with Crippen LogP contribution in [-0.2, 0) is 13.5 Å². The van der Waals surface area contributed by atoms with Gasteiger partial charge in [-0.3, -0.25) is 14.3 Å². The van der Waals surface area contributed by atoms with Crippen molar-refractivity contribution in [1.29, 1.82) is 0 Å². The molecule has 1 aromatic carbocycles. The molecular formula is C19H26N4O3. The molecule has 3 N–H and O–H groups in total. The predicted molar refractivity (Wildman–Crippen MR) is 101 cm³/mol. The van der Waals surface area contributed by atoms with Crippen LogP contribution in [0.5, 0.6) is 5.75 Å². The third-order valence-corrected chi connectivity index (χ3v) is 3.89. The third-order valence-electron chi connectivity index (χ3n) is 3.89. The summed E-state index contributed by atoms with van der Waals surface area (Å²) in [5, 5.41) is 7.24. The van der Waals surface area contributed by atoms with Crippen molar-refractivity contribution in [3.8, 4) is 5.75 Å². The normalized spacial score (nSPS) is 10.6. The van der Waals surface area contributed by atoms with Crippen molar-refractivity contribution in [2.75, 3.05) is 18.5 Å². The van der Waals surface area contributed by atoms with Crippen molar-refractivity contribution in [3.63, 3.8) is 0 Å². The van der Waals surface area contributed by atoms with Gasteiger partial charge in [0.15, 0.2) is 5.78 Å². The number of amides is 1. The Kier molecular flexibility index (Phi) is 6.91. The van der Waals surface area contributed by atoms with Gasteiger partial charge in [0.25, 0.3) is 5.91 Å². The van der Waals surface area contributed by atoms with Crippen LogP contribution in [0.3, 0.4) is 0 Å². The Morgan fingerprint density at radius 1 is 1.23 bits per heavy atom. The number of ketones is 1. The Morgan fingerprint density at radius 3 is 2.62 bits per heavy atom. The van der Waals surface area contributed by atoms with Crippen molar-refractivity contribution in [1.82, 2.24) is 9.78 Å². The maximum Gasteiger partial charge on any atom is 0.259 e. The van der Waals surface area contributed by atoms with E-state index < -0.39 is 0 Å². The number of ether oxygens (including phenoxy) is 1. The minimum Gasteiger partial charge on any atom is -0.493 e. The van der Waals surface area contributed by atoms with Gasteiger partial charge in [-0.1, -0.05) is 32.4 Å². The molecule has 0 aliphatic carbocycles. The van der Waals surface area contributed by atoms with Crippen LogP contribution in [0.15, 0.2) is 24.3 Å². The Morgan fingerprint density at radius 2 is 1.96 bits per heavy atom. The van der Waals surface area contributed by atoms with Crippen molar-refractivity contribution in [3.05, 3.63) is 41.2 Å². The number of carbonyl (C=O) groups excluding carboxylic acids is 2. The van der Waals surface area contributed by atoms with Crippen LogP contribution >= 0.6 is 0 Å². The van der Waals surface area contributed by atoms with Gasteiger partial charge in [-0.15, -0.1) is 0 Å². The van der Waals surface area contributed by atoms with Crippen molar-refractivity contribution in [2.45, 2.75) is 33.1 Å². The summed E-state index contributed by atoms with van der Waals surface area (Å²) in [6.45, 7) is 4.39. The van der Waals surface area contributed by atoms with Gasteiger partial charge in [0.1, 0.15) is 11.4 Å². The summed E-state index contributed by atoms with van der Waals surface area (Å²) < 4.78 is 7.14. The number of carbonyl (C=O) groups is 2. The summed E-state index contributed by atoms with van der Waals surface area (Å²) in [4.78, 5) is 25.1. The topological polar surface area (TPSA) is 99.2 Å². The Labute approximate surface area is 153 Å². The standard InChI is InChI=1S/C19H26N4O3/c1-4-8-14-17(18(15(24)12-20)23(3)22-14)21-19(25)13-9-6-7-10-16(13)26-11-5-2/h6-7,9-10H,4-5,8,11-12,20H2,1-3H3,(H,21,25). The fourth-order valence-electron chi connectivity index (χ4n) is 2.71. The van der Waals surface area contributed by atoms with Crippen LogP contribution in [0.1, 0.15) is 53.2 Å². The molecule has 7 heteroatoms. The summed E-state index contributed by atoms with van der Waals surface area (Å²) in [6, 6.07) is 7.04. The Balaban J connectivity index is 2.38. The molecule has 0 aliphatic rings. The molecule has 0 saturated carbocycles. The molecule has 140 valence electrons. The number of nitrogens with two attached hydrogens (primary N) is 1. The number of hydrogen-bond donors (Lipinski definition) is 2. The molecule has 7 nitrogen and oxygen atoms in total. The van der Waals surface area contributed by atoms with Gasteiger partial charge < -0.3 is 15.8 Å². The van der Waals surface area contributed by atoms with E-state index in [-0.39, 0.29) is 18.2 Å². The molecule has 0 aliphatic heterocycles. The largest absolute Gasteiger partial charge is 0.493 e. The zero-order valence-corrected chi connectivity index (χ0v) is 15.5. The molecule has 0 bridgehead atoms. The second-order valence-electron chi connectivity index (χ2n) is 5.97. The highest BCUT2D eigenvalue weighted by molar-refractivity contribution is 6.10. The number of Topliss-reactive ketones (excluding diaryl/α,β-unsaturated/α-hetero) is 1. The number of anilines is 1. The SMILES string of the molecule is CCCOc1ccccc1C(=O)Nc1c(CCC)nn(C)c1C(=O)CN. The van der Waals surface area contributed by atoms with E-state index in [0.29, 0.717) is 41.4 Å². The van der Waals surface area contributed by atoms with Gasteiger partial charge in [0.05, 0.1) is 30.1 Å². The molecule has 0 unspecified atom stereocenters. The van der Waals surface area contributed by atoms with Gasteiger partial charge in [-0.25, -0.2) is 0 Å². The maximum atomic E-state index is 12.9. The van der Waals surface area contributed by atoms with Gasteiger partial charge in [-0.2, -0.15) is 5.10 Å². The molecule has 1 heterocycles. The second kappa shape index (κ2) is 9.15. The summed E-state index contributed by atoms with van der Waals surface area (Å²) in [6.07, 6.45) is 2.33. The first kappa shape index (κ1) is 19.7. The van der Waals surface area contributed by atoms with Crippen molar-refractivity contribution < 1.29 is 14.3 Å². The lowest BCUT2D eigenvalue weighted by atomic mass is 10.1. The summed E-state index contributed by atoms with van der Waals surface area (Å²) in [7, 11) is 1.68. The van der Waals surface area contributed by atoms with E-state index in [1.807, 2.05) is 19.9 Å². The van der Waals surface area contributed by atoms with E-state index in [2.05, 4.69) is 10.4 Å². The van der Waals surface area contributed by atoms with E-state index in [1.165, 1.54) is 4.68 Å². The first-order valence-corrected chi connectivity index (χ1v) is 8.85. The summed E-state index contributed by atoms with van der Waals surface area (Å²) in [5.74, 6) is -0.0965. The lowest BCUT2D eigenvalue weighted by Crippen LogP contribution is -2.21. The zero-order valence-electron chi connectivity index (χ0n) is 15.5. The highest BCUT2D eigenvalue weighted by Crippen LogP contribution is 2.25. The van der Waals surface area contributed by atoms with Gasteiger partial charge in [-0.05, 0) is 25.0 Å². The lowest BCUT2D eigenvalue weighted by Gasteiger charge is -2.12. The lowest BCUT2D eigenvalue weighted by molar-refractivity contribution is 0.0993. The summed E-state index contributed by atoms with van der Waals surface area (Å²) in [5.41, 5.74) is 7.36. The molecule has 0 fully saturated rings. The maximum absolute atomic E-state index is 12.9. The number of nitrogens with one attached hydrogen (secondary N) is 1. The number of hydrogen-bond acceptors (Lipinski definition) is 5. The average molecular weight is 358 g/mol. The first-order valence-electron chi connectivity index (χ1n) is 8.85. The smallest absolute Gasteiger partial charge is 0.259 e. The quantitative estimate of drug-likeness (QED) is 0.671. The Hall–Kier alpha value is -2.67. The number of rotatable bonds is 9. The minimum atomic E-state index is -0.340. The molecule has 0 radical (unpaired) electrons. The molecule has 1 aromatic heterocycles. The first-order chi connectivity index (χ1) is 12.5. The minimum absolute atomic E-state index is 0.149. The van der Waals surface area contributed by atoms with Crippen LogP contribution in [0, 0.1) is 0 Å². The molecule has 0 saturated heterocycles. The highest BCUT2D eigenvalue weighted by Gasteiger charge is 2.23. The van der Waals surface area contributed by atoms with Crippen LogP contribution in [0.25, 0.3) is 0 Å². The van der Waals surface area contributed by atoms with Crippen molar-refractivity contribution >= 4 is 17.4 Å². The van der Waals surface area contributed by atoms with Gasteiger partial charge in [0, 0.05) is 7.05 Å². The molecular weight excluding hydrogens is 332 g/mol. The fourth-order valence-corrected chi connectivity index (χ4v) is 2.71. The number of nitrogens with zero attached hydrogens (tertiary/aromatic N) is 2. The van der Waals surface area contributed by atoms with E-state index in [1.54, 1.807) is 25.2 Å². The van der Waals surface area contributed by atoms with Gasteiger partial charge >= 0.3 is 0 Å². The average Bonchev–Trinajstić information content (AvgIpc) is 2.94. The number of aromatic nitrogens is 2. The fraction of sp³-hybridized carbons (Fsp3) is 0.421. The second-order valence-corrected chi connectivity index (χ2v) is 5.97. The molecule has 0 atom stereocenters. The molecule has 2 aromatic rings. The van der Waals surface area contributed by atoms with Crippen LogP contribution < -0.4 is 15.8 Å². The number of aryl methyl sites for hydroxylation is 2. The highest BCUT2D eigenvalue weighted by atomic mass is 16.5. The van der Waals surface area contributed by atoms with E-state index in [0.717, 1.165) is 12.8 Å². The Bertz CT molecular complexity index is 783. The summed E-state index contributed by atoms with van der Waals surface area (Å²) >= 11 is 0. The van der Waals surface area contributed by atoms with E-state index in [9.17, 15) is 9.59 Å². The van der Waals surface area contributed by atoms with Crippen LogP contribution in [0.2, 0.25) is 0 Å². The molecule has 1 amide bonds. The number of benzene rings is 1. The van der Waals surface area contributed by atoms with Crippen LogP contribution in [-0.4, -0.2) is 34.6 Å².